The first kappa shape index (κ1) is 12.6. The molecule has 0 amide bonds. The summed E-state index contributed by atoms with van der Waals surface area (Å²) in [6.45, 7) is 3.77. The quantitative estimate of drug-likeness (QED) is 0.922. The van der Waals surface area contributed by atoms with E-state index in [1.165, 1.54) is 0 Å². The second-order valence-corrected chi connectivity index (χ2v) is 4.35. The molecule has 94 valence electrons. The molecule has 0 aliphatic rings. The van der Waals surface area contributed by atoms with Gasteiger partial charge in [0.1, 0.15) is 0 Å². The van der Waals surface area contributed by atoms with Gasteiger partial charge in [0.05, 0.1) is 11.1 Å². The number of aromatic nitrogens is 3. The van der Waals surface area contributed by atoms with Crippen LogP contribution in [-0.4, -0.2) is 21.1 Å². The first-order chi connectivity index (χ1) is 8.56. The number of hydrogen-bond acceptors (Lipinski definition) is 5. The summed E-state index contributed by atoms with van der Waals surface area (Å²) < 4.78 is 5.41. The van der Waals surface area contributed by atoms with Gasteiger partial charge in [0.15, 0.2) is 5.82 Å². The highest BCUT2D eigenvalue weighted by Gasteiger charge is 2.11. The van der Waals surface area contributed by atoms with E-state index in [0.29, 0.717) is 16.4 Å². The average Bonchev–Trinajstić information content (AvgIpc) is 2.27. The minimum Gasteiger partial charge on any atom is -0.461 e. The summed E-state index contributed by atoms with van der Waals surface area (Å²) in [6.07, 6.45) is -0.0362. The van der Waals surface area contributed by atoms with Crippen molar-refractivity contribution in [2.45, 2.75) is 20.0 Å². The van der Waals surface area contributed by atoms with Crippen LogP contribution in [0.1, 0.15) is 13.8 Å². The number of hydrogen-bond donors (Lipinski definition) is 1. The van der Waals surface area contributed by atoms with Gasteiger partial charge in [0, 0.05) is 5.56 Å². The molecule has 1 heterocycles. The van der Waals surface area contributed by atoms with Crippen molar-refractivity contribution in [2.24, 2.45) is 0 Å². The smallest absolute Gasteiger partial charge is 0.322 e. The highest BCUT2D eigenvalue weighted by molar-refractivity contribution is 6.33. The number of nitrogens with zero attached hydrogens (tertiary/aromatic N) is 3. The van der Waals surface area contributed by atoms with Gasteiger partial charge in [-0.2, -0.15) is 15.0 Å². The molecule has 2 N–H and O–H groups in total. The predicted octanol–water partition coefficient (Wildman–Crippen LogP) is 2.56. The Balaban J connectivity index is 2.45. The molecule has 18 heavy (non-hydrogen) atoms. The summed E-state index contributed by atoms with van der Waals surface area (Å²) in [4.78, 5) is 12.2. The number of halogens is 1. The lowest BCUT2D eigenvalue weighted by Gasteiger charge is -2.09. The van der Waals surface area contributed by atoms with Crippen molar-refractivity contribution in [2.75, 3.05) is 5.73 Å². The molecule has 1 aromatic heterocycles. The Hall–Kier alpha value is -1.88. The number of rotatable bonds is 3. The lowest BCUT2D eigenvalue weighted by molar-refractivity contribution is 0.222. The number of benzene rings is 1. The Morgan fingerprint density at radius 1 is 1.17 bits per heavy atom. The molecule has 0 atom stereocenters. The van der Waals surface area contributed by atoms with E-state index < -0.39 is 0 Å². The normalized spacial score (nSPS) is 10.7. The van der Waals surface area contributed by atoms with Gasteiger partial charge in [-0.25, -0.2) is 0 Å². The van der Waals surface area contributed by atoms with E-state index in [2.05, 4.69) is 15.0 Å². The number of nitrogens with two attached hydrogens (primary N) is 1. The van der Waals surface area contributed by atoms with E-state index in [0.717, 1.165) is 0 Å². The van der Waals surface area contributed by atoms with Gasteiger partial charge in [0.25, 0.3) is 0 Å². The van der Waals surface area contributed by atoms with Gasteiger partial charge in [-0.05, 0) is 26.0 Å². The molecule has 0 radical (unpaired) electrons. The van der Waals surface area contributed by atoms with Crippen molar-refractivity contribution in [3.8, 4) is 17.4 Å². The molecule has 2 aromatic rings. The van der Waals surface area contributed by atoms with Gasteiger partial charge in [-0.3, -0.25) is 0 Å². The highest BCUT2D eigenvalue weighted by atomic mass is 35.5. The van der Waals surface area contributed by atoms with Crippen molar-refractivity contribution >= 4 is 17.5 Å². The number of nitrogen functional groups attached to an aromatic ring is 1. The van der Waals surface area contributed by atoms with Crippen LogP contribution in [0.25, 0.3) is 11.4 Å². The van der Waals surface area contributed by atoms with Crippen LogP contribution in [0.2, 0.25) is 5.02 Å². The van der Waals surface area contributed by atoms with E-state index >= 15 is 0 Å². The van der Waals surface area contributed by atoms with Crippen molar-refractivity contribution in [1.29, 1.82) is 0 Å². The Morgan fingerprint density at radius 2 is 1.89 bits per heavy atom. The highest BCUT2D eigenvalue weighted by Crippen LogP contribution is 2.25. The van der Waals surface area contributed by atoms with Crippen LogP contribution in [0.15, 0.2) is 24.3 Å². The van der Waals surface area contributed by atoms with E-state index in [4.69, 9.17) is 22.1 Å². The van der Waals surface area contributed by atoms with Gasteiger partial charge in [-0.15, -0.1) is 0 Å². The fourth-order valence-corrected chi connectivity index (χ4v) is 1.62. The van der Waals surface area contributed by atoms with Crippen LogP contribution in [-0.2, 0) is 0 Å². The van der Waals surface area contributed by atoms with Crippen LogP contribution in [0.3, 0.4) is 0 Å². The maximum absolute atomic E-state index is 6.09. The Kier molecular flexibility index (Phi) is 3.62. The molecule has 2 rings (SSSR count). The SMILES string of the molecule is CC(C)Oc1nc(N)nc(-c2ccccc2Cl)n1. The molecule has 0 spiro atoms. The zero-order valence-corrected chi connectivity index (χ0v) is 10.8. The first-order valence-corrected chi connectivity index (χ1v) is 5.87. The molecule has 0 saturated heterocycles. The van der Waals surface area contributed by atoms with Gasteiger partial charge >= 0.3 is 6.01 Å². The van der Waals surface area contributed by atoms with Crippen LogP contribution in [0, 0.1) is 0 Å². The largest absolute Gasteiger partial charge is 0.461 e. The van der Waals surface area contributed by atoms with Crippen molar-refractivity contribution in [3.05, 3.63) is 29.3 Å². The molecule has 0 aliphatic carbocycles. The summed E-state index contributed by atoms with van der Waals surface area (Å²) in [6, 6.07) is 7.47. The minimum atomic E-state index is -0.0362. The summed E-state index contributed by atoms with van der Waals surface area (Å²) in [5, 5.41) is 0.554. The van der Waals surface area contributed by atoms with E-state index in [9.17, 15) is 0 Å². The van der Waals surface area contributed by atoms with Crippen LogP contribution in [0.5, 0.6) is 6.01 Å². The maximum atomic E-state index is 6.09. The molecule has 1 aromatic carbocycles. The fourth-order valence-electron chi connectivity index (χ4n) is 1.40. The third-order valence-corrected chi connectivity index (χ3v) is 2.42. The Labute approximate surface area is 110 Å². The second kappa shape index (κ2) is 5.18. The third kappa shape index (κ3) is 2.87. The topological polar surface area (TPSA) is 73.9 Å². The van der Waals surface area contributed by atoms with Crippen LogP contribution < -0.4 is 10.5 Å². The number of anilines is 1. The standard InChI is InChI=1S/C12H13ClN4O/c1-7(2)18-12-16-10(15-11(14)17-12)8-5-3-4-6-9(8)13/h3-7H,1-2H3,(H2,14,15,16,17). The zero-order valence-electron chi connectivity index (χ0n) is 10.1. The molecule has 0 bridgehead atoms. The third-order valence-electron chi connectivity index (χ3n) is 2.09. The van der Waals surface area contributed by atoms with E-state index in [-0.39, 0.29) is 18.1 Å². The number of ether oxygens (including phenoxy) is 1. The molecule has 5 nitrogen and oxygen atoms in total. The Bertz CT molecular complexity index is 560. The summed E-state index contributed by atoms with van der Waals surface area (Å²) in [5.41, 5.74) is 6.33. The van der Waals surface area contributed by atoms with Crippen molar-refractivity contribution in [1.82, 2.24) is 15.0 Å². The summed E-state index contributed by atoms with van der Waals surface area (Å²) >= 11 is 6.09. The van der Waals surface area contributed by atoms with Crippen LogP contribution >= 0.6 is 11.6 Å². The maximum Gasteiger partial charge on any atom is 0.322 e. The van der Waals surface area contributed by atoms with E-state index in [1.54, 1.807) is 6.07 Å². The molecule has 0 saturated carbocycles. The molecule has 0 unspecified atom stereocenters. The molecular formula is C12H13ClN4O. The molecular weight excluding hydrogens is 252 g/mol. The molecule has 0 fully saturated rings. The minimum absolute atomic E-state index is 0.0362. The summed E-state index contributed by atoms with van der Waals surface area (Å²) in [5.74, 6) is 0.513. The molecule has 6 heteroatoms. The zero-order chi connectivity index (χ0) is 13.1. The predicted molar refractivity (Wildman–Crippen MR) is 70.4 cm³/mol. The fraction of sp³-hybridized carbons (Fsp3) is 0.250. The monoisotopic (exact) mass is 264 g/mol. The lowest BCUT2D eigenvalue weighted by atomic mass is 10.2. The van der Waals surface area contributed by atoms with Gasteiger partial charge in [0.2, 0.25) is 5.95 Å². The average molecular weight is 265 g/mol. The van der Waals surface area contributed by atoms with Gasteiger partial charge in [-0.1, -0.05) is 23.7 Å². The first-order valence-electron chi connectivity index (χ1n) is 5.49. The Morgan fingerprint density at radius 3 is 2.56 bits per heavy atom. The lowest BCUT2D eigenvalue weighted by Crippen LogP contribution is -2.11. The van der Waals surface area contributed by atoms with Gasteiger partial charge < -0.3 is 10.5 Å². The summed E-state index contributed by atoms with van der Waals surface area (Å²) in [7, 11) is 0. The van der Waals surface area contributed by atoms with E-state index in [1.807, 2.05) is 32.0 Å². The van der Waals surface area contributed by atoms with Crippen molar-refractivity contribution < 1.29 is 4.74 Å². The van der Waals surface area contributed by atoms with Crippen LogP contribution in [0.4, 0.5) is 5.95 Å². The molecule has 0 aliphatic heterocycles. The second-order valence-electron chi connectivity index (χ2n) is 3.95. The van der Waals surface area contributed by atoms with Crippen molar-refractivity contribution in [3.63, 3.8) is 0 Å².